The molecule has 0 amide bonds. The second-order valence-electron chi connectivity index (χ2n) is 3.10. The Morgan fingerprint density at radius 3 is 2.67 bits per heavy atom. The Balaban J connectivity index is 3.14. The van der Waals surface area contributed by atoms with Crippen LogP contribution in [0.15, 0.2) is 12.1 Å². The molecule has 0 aliphatic heterocycles. The first-order valence-electron chi connectivity index (χ1n) is 4.50. The zero-order valence-electron chi connectivity index (χ0n) is 8.34. The van der Waals surface area contributed by atoms with Crippen molar-refractivity contribution in [2.24, 2.45) is 5.73 Å². The van der Waals surface area contributed by atoms with Crippen molar-refractivity contribution in [2.45, 2.75) is 12.5 Å². The number of hydrogen-bond donors (Lipinski definition) is 2. The van der Waals surface area contributed by atoms with Crippen molar-refractivity contribution in [3.63, 3.8) is 0 Å². The lowest BCUT2D eigenvalue weighted by Gasteiger charge is -2.14. The van der Waals surface area contributed by atoms with E-state index in [1.54, 1.807) is 0 Å². The minimum atomic E-state index is -0.870. The van der Waals surface area contributed by atoms with E-state index in [1.807, 2.05) is 0 Å². The molecule has 1 aromatic rings. The normalized spacial score (nSPS) is 12.6. The van der Waals surface area contributed by atoms with Gasteiger partial charge in [-0.2, -0.15) is 0 Å². The van der Waals surface area contributed by atoms with E-state index in [-0.39, 0.29) is 24.3 Å². The van der Waals surface area contributed by atoms with Crippen LogP contribution in [0.5, 0.6) is 5.75 Å². The molecule has 84 valence electrons. The summed E-state index contributed by atoms with van der Waals surface area (Å²) in [5, 5.41) is 8.65. The van der Waals surface area contributed by atoms with Crippen LogP contribution in [0.1, 0.15) is 18.0 Å². The lowest BCUT2D eigenvalue weighted by atomic mass is 10.0. The fourth-order valence-electron chi connectivity index (χ4n) is 1.33. The van der Waals surface area contributed by atoms with Crippen molar-refractivity contribution in [3.8, 4) is 5.75 Å². The zero-order valence-corrected chi connectivity index (χ0v) is 8.34. The first-order chi connectivity index (χ1) is 7.11. The summed E-state index contributed by atoms with van der Waals surface area (Å²) < 4.78 is 31.6. The fourth-order valence-corrected chi connectivity index (χ4v) is 1.33. The molecule has 15 heavy (non-hydrogen) atoms. The number of rotatable bonds is 4. The Morgan fingerprint density at radius 1 is 1.47 bits per heavy atom. The Bertz CT molecular complexity index is 344. The van der Waals surface area contributed by atoms with Crippen LogP contribution in [0.4, 0.5) is 8.78 Å². The molecule has 5 heteroatoms. The van der Waals surface area contributed by atoms with Gasteiger partial charge in [0, 0.05) is 18.2 Å². The highest BCUT2D eigenvalue weighted by Gasteiger charge is 2.19. The van der Waals surface area contributed by atoms with Gasteiger partial charge in [0.15, 0.2) is 11.6 Å². The van der Waals surface area contributed by atoms with Gasteiger partial charge >= 0.3 is 0 Å². The van der Waals surface area contributed by atoms with Crippen LogP contribution < -0.4 is 10.5 Å². The predicted octanol–water partition coefficient (Wildman–Crippen LogP) is 1.36. The summed E-state index contributed by atoms with van der Waals surface area (Å²) in [7, 11) is 1.29. The molecule has 0 fully saturated rings. The van der Waals surface area contributed by atoms with E-state index < -0.39 is 17.7 Å². The summed E-state index contributed by atoms with van der Waals surface area (Å²) in [5.74, 6) is -1.59. The van der Waals surface area contributed by atoms with Crippen LogP contribution >= 0.6 is 0 Å². The number of nitrogens with two attached hydrogens (primary N) is 1. The first kappa shape index (κ1) is 11.9. The quantitative estimate of drug-likeness (QED) is 0.800. The van der Waals surface area contributed by atoms with Crippen molar-refractivity contribution >= 4 is 0 Å². The molecule has 0 heterocycles. The second-order valence-corrected chi connectivity index (χ2v) is 3.10. The number of aliphatic hydroxyl groups excluding tert-OH is 1. The lowest BCUT2D eigenvalue weighted by molar-refractivity contribution is 0.273. The van der Waals surface area contributed by atoms with E-state index in [9.17, 15) is 8.78 Å². The second kappa shape index (κ2) is 5.04. The Morgan fingerprint density at radius 2 is 2.13 bits per heavy atom. The van der Waals surface area contributed by atoms with Crippen LogP contribution in [0.2, 0.25) is 0 Å². The highest BCUT2D eigenvalue weighted by Crippen LogP contribution is 2.27. The molecule has 1 atom stereocenters. The molecule has 0 unspecified atom stereocenters. The summed E-state index contributed by atoms with van der Waals surface area (Å²) in [4.78, 5) is 0. The monoisotopic (exact) mass is 217 g/mol. The molecular weight excluding hydrogens is 204 g/mol. The SMILES string of the molecule is COc1ccc(F)c([C@@H](N)CCO)c1F. The molecule has 0 saturated carbocycles. The van der Waals surface area contributed by atoms with Gasteiger partial charge in [0.25, 0.3) is 0 Å². The molecule has 3 N–H and O–H groups in total. The Hall–Kier alpha value is -1.20. The fraction of sp³-hybridized carbons (Fsp3) is 0.400. The summed E-state index contributed by atoms with van der Waals surface area (Å²) in [6, 6.07) is 1.42. The van der Waals surface area contributed by atoms with Gasteiger partial charge in [0.1, 0.15) is 5.82 Å². The molecule has 0 spiro atoms. The van der Waals surface area contributed by atoms with Crippen LogP contribution in [0, 0.1) is 11.6 Å². The van der Waals surface area contributed by atoms with Crippen LogP contribution in [0.3, 0.4) is 0 Å². The minimum absolute atomic E-state index is 0.0558. The van der Waals surface area contributed by atoms with Gasteiger partial charge in [0.2, 0.25) is 0 Å². The van der Waals surface area contributed by atoms with Crippen molar-refractivity contribution in [2.75, 3.05) is 13.7 Å². The average Bonchev–Trinajstić information content (AvgIpc) is 2.18. The van der Waals surface area contributed by atoms with E-state index in [0.29, 0.717) is 0 Å². The maximum absolute atomic E-state index is 13.6. The molecule has 0 aliphatic rings. The summed E-state index contributed by atoms with van der Waals surface area (Å²) in [6.07, 6.45) is 0.0982. The minimum Gasteiger partial charge on any atom is -0.494 e. The van der Waals surface area contributed by atoms with Crippen molar-refractivity contribution in [1.82, 2.24) is 0 Å². The summed E-state index contributed by atoms with van der Waals surface area (Å²) in [5.41, 5.74) is 5.29. The van der Waals surface area contributed by atoms with E-state index >= 15 is 0 Å². The molecule has 0 aromatic heterocycles. The molecule has 0 saturated heterocycles. The van der Waals surface area contributed by atoms with Gasteiger partial charge in [-0.05, 0) is 18.6 Å². The van der Waals surface area contributed by atoms with Gasteiger partial charge in [-0.25, -0.2) is 8.78 Å². The topological polar surface area (TPSA) is 55.5 Å². The molecular formula is C10H13F2NO2. The first-order valence-corrected chi connectivity index (χ1v) is 4.50. The highest BCUT2D eigenvalue weighted by atomic mass is 19.1. The number of methoxy groups -OCH3 is 1. The Kier molecular flexibility index (Phi) is 3.99. The van der Waals surface area contributed by atoms with Crippen molar-refractivity contribution in [1.29, 1.82) is 0 Å². The number of aliphatic hydroxyl groups is 1. The van der Waals surface area contributed by atoms with Gasteiger partial charge in [-0.1, -0.05) is 0 Å². The van der Waals surface area contributed by atoms with E-state index in [0.717, 1.165) is 6.07 Å². The van der Waals surface area contributed by atoms with Crippen LogP contribution in [0.25, 0.3) is 0 Å². The maximum Gasteiger partial charge on any atom is 0.172 e. The molecule has 0 bridgehead atoms. The van der Waals surface area contributed by atoms with Gasteiger partial charge in [0.05, 0.1) is 7.11 Å². The van der Waals surface area contributed by atoms with E-state index in [1.165, 1.54) is 13.2 Å². The van der Waals surface area contributed by atoms with Crippen molar-refractivity contribution in [3.05, 3.63) is 29.3 Å². The number of halogens is 2. The van der Waals surface area contributed by atoms with Gasteiger partial charge < -0.3 is 15.6 Å². The highest BCUT2D eigenvalue weighted by molar-refractivity contribution is 5.34. The van der Waals surface area contributed by atoms with E-state index in [2.05, 4.69) is 0 Å². The van der Waals surface area contributed by atoms with Gasteiger partial charge in [-0.3, -0.25) is 0 Å². The van der Waals surface area contributed by atoms with Crippen molar-refractivity contribution < 1.29 is 18.6 Å². The Labute approximate surface area is 86.5 Å². The summed E-state index contributed by atoms with van der Waals surface area (Å²) in [6.45, 7) is -0.225. The maximum atomic E-state index is 13.6. The van der Waals surface area contributed by atoms with Gasteiger partial charge in [-0.15, -0.1) is 0 Å². The van der Waals surface area contributed by atoms with Crippen LogP contribution in [-0.2, 0) is 0 Å². The molecule has 0 aliphatic carbocycles. The number of ether oxygens (including phenoxy) is 1. The smallest absolute Gasteiger partial charge is 0.172 e. The molecule has 1 aromatic carbocycles. The third kappa shape index (κ3) is 2.43. The average molecular weight is 217 g/mol. The lowest BCUT2D eigenvalue weighted by Crippen LogP contribution is -2.16. The third-order valence-electron chi connectivity index (χ3n) is 2.12. The third-order valence-corrected chi connectivity index (χ3v) is 2.12. The molecule has 0 radical (unpaired) electrons. The zero-order chi connectivity index (χ0) is 11.4. The van der Waals surface area contributed by atoms with Crippen LogP contribution in [-0.4, -0.2) is 18.8 Å². The standard InChI is InChI=1S/C10H13F2NO2/c1-15-8-3-2-6(11)9(10(8)12)7(13)4-5-14/h2-3,7,14H,4-5,13H2,1H3/t7-/m0/s1. The summed E-state index contributed by atoms with van der Waals surface area (Å²) >= 11 is 0. The number of benzene rings is 1. The largest absolute Gasteiger partial charge is 0.494 e. The number of hydrogen-bond acceptors (Lipinski definition) is 3. The van der Waals surface area contributed by atoms with E-state index in [4.69, 9.17) is 15.6 Å². The molecule has 3 nitrogen and oxygen atoms in total. The predicted molar refractivity (Wildman–Crippen MR) is 51.5 cm³/mol. The molecule has 1 rings (SSSR count).